The molecule has 0 fully saturated rings. The molecule has 0 spiro atoms. The van der Waals surface area contributed by atoms with Crippen molar-refractivity contribution in [2.45, 2.75) is 52.5 Å². The molecule has 2 atom stereocenters. The Hall–Kier alpha value is -0.870. The summed E-state index contributed by atoms with van der Waals surface area (Å²) in [6.07, 6.45) is 3.71. The predicted octanol–water partition coefficient (Wildman–Crippen LogP) is 3.73. The second-order valence-electron chi connectivity index (χ2n) is 5.52. The first-order valence-electron chi connectivity index (χ1n) is 7.51. The molecule has 1 rings (SSSR count). The second-order valence-corrected chi connectivity index (χ2v) is 6.84. The number of nitrogens with two attached hydrogens (primary N) is 1. The Morgan fingerprint density at radius 1 is 1.40 bits per heavy atom. The Bertz CT molecular complexity index is 416. The average molecular weight is 296 g/mol. The van der Waals surface area contributed by atoms with Gasteiger partial charge >= 0.3 is 0 Å². The number of aryl methyl sites for hydroxylation is 1. The molecule has 2 N–H and O–H groups in total. The van der Waals surface area contributed by atoms with E-state index in [2.05, 4.69) is 32.9 Å². The Balaban J connectivity index is 2.50. The number of hydrogen-bond donors (Lipinski definition) is 1. The average Bonchev–Trinajstić information content (AvgIpc) is 2.87. The molecule has 1 aromatic heterocycles. The molecule has 4 heteroatoms. The van der Waals surface area contributed by atoms with Crippen LogP contribution in [0.15, 0.2) is 12.1 Å². The molecule has 0 saturated carbocycles. The zero-order valence-corrected chi connectivity index (χ0v) is 14.0. The van der Waals surface area contributed by atoms with Crippen molar-refractivity contribution in [3.8, 4) is 0 Å². The molecule has 0 saturated heterocycles. The van der Waals surface area contributed by atoms with E-state index in [1.165, 1.54) is 9.75 Å². The van der Waals surface area contributed by atoms with Crippen molar-refractivity contribution in [2.24, 2.45) is 11.7 Å². The van der Waals surface area contributed by atoms with E-state index >= 15 is 0 Å². The van der Waals surface area contributed by atoms with Gasteiger partial charge in [-0.25, -0.2) is 0 Å². The van der Waals surface area contributed by atoms with E-state index in [0.717, 1.165) is 19.3 Å². The Morgan fingerprint density at radius 2 is 2.10 bits per heavy atom. The van der Waals surface area contributed by atoms with E-state index in [4.69, 9.17) is 5.73 Å². The van der Waals surface area contributed by atoms with Gasteiger partial charge in [-0.2, -0.15) is 0 Å². The second kappa shape index (κ2) is 8.42. The van der Waals surface area contributed by atoms with Gasteiger partial charge < -0.3 is 10.6 Å². The van der Waals surface area contributed by atoms with Crippen LogP contribution in [0.5, 0.6) is 0 Å². The molecule has 3 nitrogen and oxygen atoms in total. The smallest absolute Gasteiger partial charge is 0.222 e. The Labute approximate surface area is 127 Å². The predicted molar refractivity (Wildman–Crippen MR) is 86.9 cm³/mol. The number of hydrogen-bond acceptors (Lipinski definition) is 3. The minimum Gasteiger partial charge on any atom is -0.338 e. The van der Waals surface area contributed by atoms with E-state index in [9.17, 15) is 4.79 Å². The lowest BCUT2D eigenvalue weighted by Crippen LogP contribution is -2.29. The van der Waals surface area contributed by atoms with Crippen molar-refractivity contribution in [1.82, 2.24) is 4.90 Å². The monoisotopic (exact) mass is 296 g/mol. The molecule has 0 aliphatic carbocycles. The van der Waals surface area contributed by atoms with Crippen LogP contribution in [-0.2, 0) is 4.79 Å². The van der Waals surface area contributed by atoms with E-state index in [0.29, 0.717) is 18.9 Å². The fourth-order valence-electron chi connectivity index (χ4n) is 2.38. The van der Waals surface area contributed by atoms with Crippen LogP contribution in [0.25, 0.3) is 0 Å². The zero-order chi connectivity index (χ0) is 15.1. The highest BCUT2D eigenvalue weighted by Gasteiger charge is 2.19. The number of nitrogens with zero attached hydrogens (tertiary/aromatic N) is 1. The fraction of sp³-hybridized carbons (Fsp3) is 0.688. The van der Waals surface area contributed by atoms with Gasteiger partial charge in [0.15, 0.2) is 0 Å². The highest BCUT2D eigenvalue weighted by molar-refractivity contribution is 7.12. The molecule has 114 valence electrons. The molecule has 2 unspecified atom stereocenters. The summed E-state index contributed by atoms with van der Waals surface area (Å²) in [5, 5.41) is 0. The highest BCUT2D eigenvalue weighted by Crippen LogP contribution is 2.27. The summed E-state index contributed by atoms with van der Waals surface area (Å²) >= 11 is 1.77. The van der Waals surface area contributed by atoms with Gasteiger partial charge in [0.2, 0.25) is 5.91 Å². The Kier molecular flexibility index (Phi) is 7.24. The van der Waals surface area contributed by atoms with Gasteiger partial charge in [0.25, 0.3) is 0 Å². The van der Waals surface area contributed by atoms with Gasteiger partial charge in [-0.15, -0.1) is 11.3 Å². The number of carbonyl (C=O) groups is 1. The summed E-state index contributed by atoms with van der Waals surface area (Å²) in [4.78, 5) is 16.7. The first kappa shape index (κ1) is 17.2. The maximum atomic E-state index is 12.3. The molecule has 0 aromatic carbocycles. The third kappa shape index (κ3) is 4.91. The first-order chi connectivity index (χ1) is 9.49. The normalized spacial score (nSPS) is 14.1. The van der Waals surface area contributed by atoms with E-state index in [1.54, 1.807) is 11.3 Å². The van der Waals surface area contributed by atoms with Crippen LogP contribution in [0.3, 0.4) is 0 Å². The molecule has 1 aromatic rings. The van der Waals surface area contributed by atoms with Crippen LogP contribution in [-0.4, -0.2) is 24.4 Å². The summed E-state index contributed by atoms with van der Waals surface area (Å²) in [7, 11) is 1.91. The number of thiophene rings is 1. The maximum absolute atomic E-state index is 12.3. The molecule has 20 heavy (non-hydrogen) atoms. The van der Waals surface area contributed by atoms with Crippen molar-refractivity contribution in [1.29, 1.82) is 0 Å². The van der Waals surface area contributed by atoms with Gasteiger partial charge in [-0.3, -0.25) is 4.79 Å². The molecule has 0 aliphatic rings. The molecule has 0 aliphatic heterocycles. The van der Waals surface area contributed by atoms with Crippen molar-refractivity contribution in [3.05, 3.63) is 21.9 Å². The van der Waals surface area contributed by atoms with Crippen molar-refractivity contribution in [3.63, 3.8) is 0 Å². The highest BCUT2D eigenvalue weighted by atomic mass is 32.1. The summed E-state index contributed by atoms with van der Waals surface area (Å²) in [5.74, 6) is 0.815. The molecule has 0 bridgehead atoms. The summed E-state index contributed by atoms with van der Waals surface area (Å²) in [6, 6.07) is 4.40. The fourth-order valence-corrected chi connectivity index (χ4v) is 3.35. The van der Waals surface area contributed by atoms with Crippen LogP contribution in [0.1, 0.15) is 55.3 Å². The van der Waals surface area contributed by atoms with Crippen LogP contribution in [0.2, 0.25) is 0 Å². The third-order valence-electron chi connectivity index (χ3n) is 4.07. The largest absolute Gasteiger partial charge is 0.338 e. The molecular weight excluding hydrogens is 268 g/mol. The minimum atomic E-state index is 0.163. The quantitative estimate of drug-likeness (QED) is 0.794. The summed E-state index contributed by atoms with van der Waals surface area (Å²) < 4.78 is 0. The molecule has 0 radical (unpaired) electrons. The maximum Gasteiger partial charge on any atom is 0.222 e. The molecule has 1 amide bonds. The topological polar surface area (TPSA) is 46.3 Å². The van der Waals surface area contributed by atoms with Gasteiger partial charge in [-0.05, 0) is 51.3 Å². The van der Waals surface area contributed by atoms with Gasteiger partial charge in [0.05, 0.1) is 6.04 Å². The van der Waals surface area contributed by atoms with E-state index < -0.39 is 0 Å². The van der Waals surface area contributed by atoms with Crippen molar-refractivity contribution >= 4 is 17.2 Å². The van der Waals surface area contributed by atoms with Crippen molar-refractivity contribution < 1.29 is 4.79 Å². The van der Waals surface area contributed by atoms with E-state index in [-0.39, 0.29) is 11.9 Å². The Morgan fingerprint density at radius 3 is 2.60 bits per heavy atom. The zero-order valence-electron chi connectivity index (χ0n) is 13.2. The summed E-state index contributed by atoms with van der Waals surface area (Å²) in [5.41, 5.74) is 5.60. The number of amides is 1. The minimum absolute atomic E-state index is 0.163. The van der Waals surface area contributed by atoms with Crippen LogP contribution in [0, 0.1) is 12.8 Å². The van der Waals surface area contributed by atoms with Crippen LogP contribution < -0.4 is 5.73 Å². The lowest BCUT2D eigenvalue weighted by atomic mass is 9.96. The van der Waals surface area contributed by atoms with Gasteiger partial charge in [0.1, 0.15) is 0 Å². The first-order valence-corrected chi connectivity index (χ1v) is 8.33. The molecular formula is C16H28N2OS. The summed E-state index contributed by atoms with van der Waals surface area (Å²) in [6.45, 7) is 7.08. The van der Waals surface area contributed by atoms with E-state index in [1.807, 2.05) is 11.9 Å². The third-order valence-corrected chi connectivity index (χ3v) is 5.24. The standard InChI is InChI=1S/C16H28N2OS/c1-5-14(10-11-17)7-9-16(19)18(4)13(3)15-8-6-12(2)20-15/h6,8,13-14H,5,7,9-11,17H2,1-4H3. The van der Waals surface area contributed by atoms with Crippen LogP contribution >= 0.6 is 11.3 Å². The lowest BCUT2D eigenvalue weighted by molar-refractivity contribution is -0.132. The van der Waals surface area contributed by atoms with Crippen molar-refractivity contribution in [2.75, 3.05) is 13.6 Å². The molecule has 1 heterocycles. The number of carbonyl (C=O) groups excluding carboxylic acids is 1. The van der Waals surface area contributed by atoms with Gasteiger partial charge in [-0.1, -0.05) is 13.3 Å². The number of rotatable bonds is 8. The SMILES string of the molecule is CCC(CCN)CCC(=O)N(C)C(C)c1ccc(C)s1. The van der Waals surface area contributed by atoms with Crippen LogP contribution in [0.4, 0.5) is 0 Å². The van der Waals surface area contributed by atoms with Gasteiger partial charge in [0, 0.05) is 23.2 Å². The lowest BCUT2D eigenvalue weighted by Gasteiger charge is -2.25.